The van der Waals surface area contributed by atoms with Crippen molar-refractivity contribution in [1.29, 1.82) is 0 Å². The monoisotopic (exact) mass is 264 g/mol. The zero-order valence-corrected chi connectivity index (χ0v) is 11.1. The van der Waals surface area contributed by atoms with Crippen molar-refractivity contribution in [2.45, 2.75) is 26.1 Å². The van der Waals surface area contributed by atoms with E-state index in [2.05, 4.69) is 0 Å². The molecular formula is C15H20O4. The van der Waals surface area contributed by atoms with Gasteiger partial charge in [-0.1, -0.05) is 36.4 Å². The Kier molecular flexibility index (Phi) is 7.54. The third kappa shape index (κ3) is 7.39. The van der Waals surface area contributed by atoms with Gasteiger partial charge in [0.15, 0.2) is 0 Å². The topological polar surface area (TPSA) is 55.8 Å². The molecule has 0 radical (unpaired) electrons. The van der Waals surface area contributed by atoms with E-state index in [0.717, 1.165) is 5.56 Å². The van der Waals surface area contributed by atoms with Crippen LogP contribution in [0.15, 0.2) is 42.5 Å². The van der Waals surface area contributed by atoms with E-state index >= 15 is 0 Å². The highest BCUT2D eigenvalue weighted by Crippen LogP contribution is 2.02. The first-order chi connectivity index (χ1) is 9.22. The van der Waals surface area contributed by atoms with Crippen molar-refractivity contribution < 1.29 is 19.4 Å². The molecule has 0 heterocycles. The number of esters is 1. The highest BCUT2D eigenvalue weighted by atomic mass is 16.5. The summed E-state index contributed by atoms with van der Waals surface area (Å²) in [5.74, 6) is -0.389. The van der Waals surface area contributed by atoms with Crippen LogP contribution < -0.4 is 0 Å². The molecule has 0 aliphatic rings. The average molecular weight is 264 g/mol. The number of aliphatic hydroxyl groups is 1. The Morgan fingerprint density at radius 3 is 2.79 bits per heavy atom. The van der Waals surface area contributed by atoms with Crippen molar-refractivity contribution in [1.82, 2.24) is 0 Å². The maximum Gasteiger partial charge on any atom is 0.330 e. The molecule has 0 spiro atoms. The number of carbonyl (C=O) groups is 1. The summed E-state index contributed by atoms with van der Waals surface area (Å²) in [6, 6.07) is 9.76. The molecule has 0 saturated heterocycles. The van der Waals surface area contributed by atoms with Crippen molar-refractivity contribution >= 4 is 5.97 Å². The van der Waals surface area contributed by atoms with Crippen molar-refractivity contribution in [2.24, 2.45) is 0 Å². The predicted octanol–water partition coefficient (Wildman–Crippen LogP) is 2.07. The number of hydrogen-bond acceptors (Lipinski definition) is 4. The Morgan fingerprint density at radius 2 is 2.11 bits per heavy atom. The van der Waals surface area contributed by atoms with Crippen LogP contribution in [0.4, 0.5) is 0 Å². The number of rotatable bonds is 8. The summed E-state index contributed by atoms with van der Waals surface area (Å²) in [7, 11) is 0. The molecule has 1 N–H and O–H groups in total. The second-order valence-electron chi connectivity index (χ2n) is 4.04. The van der Waals surface area contributed by atoms with Gasteiger partial charge in [0.1, 0.15) is 0 Å². The molecular weight excluding hydrogens is 244 g/mol. The SMILES string of the molecule is CCOC(=O)/C=C\C[C@@H](O)COCc1ccccc1. The molecule has 0 bridgehead atoms. The average Bonchev–Trinajstić information content (AvgIpc) is 2.40. The number of hydrogen-bond donors (Lipinski definition) is 1. The van der Waals surface area contributed by atoms with E-state index in [0.29, 0.717) is 19.6 Å². The quantitative estimate of drug-likeness (QED) is 0.577. The van der Waals surface area contributed by atoms with Crippen LogP contribution in [0.2, 0.25) is 0 Å². The zero-order valence-electron chi connectivity index (χ0n) is 11.1. The number of ether oxygens (including phenoxy) is 2. The van der Waals surface area contributed by atoms with Crippen LogP contribution in [-0.2, 0) is 20.9 Å². The molecule has 1 aromatic carbocycles. The third-order valence-corrected chi connectivity index (χ3v) is 2.37. The van der Waals surface area contributed by atoms with E-state index in [1.165, 1.54) is 6.08 Å². The minimum absolute atomic E-state index is 0.238. The number of aliphatic hydroxyl groups excluding tert-OH is 1. The van der Waals surface area contributed by atoms with E-state index in [-0.39, 0.29) is 12.6 Å². The zero-order chi connectivity index (χ0) is 13.9. The molecule has 19 heavy (non-hydrogen) atoms. The molecule has 0 amide bonds. The van der Waals surface area contributed by atoms with Crippen molar-refractivity contribution in [3.05, 3.63) is 48.0 Å². The second-order valence-corrected chi connectivity index (χ2v) is 4.04. The van der Waals surface area contributed by atoms with Gasteiger partial charge in [0.25, 0.3) is 0 Å². The number of benzene rings is 1. The Balaban J connectivity index is 2.14. The van der Waals surface area contributed by atoms with Crippen molar-refractivity contribution in [3.63, 3.8) is 0 Å². The molecule has 0 unspecified atom stereocenters. The summed E-state index contributed by atoms with van der Waals surface area (Å²) >= 11 is 0. The molecule has 1 aromatic rings. The first-order valence-electron chi connectivity index (χ1n) is 6.35. The lowest BCUT2D eigenvalue weighted by Gasteiger charge is -2.09. The Labute approximate surface area is 113 Å². The summed E-state index contributed by atoms with van der Waals surface area (Å²) in [4.78, 5) is 11.0. The highest BCUT2D eigenvalue weighted by Gasteiger charge is 2.02. The lowest BCUT2D eigenvalue weighted by Crippen LogP contribution is -2.14. The van der Waals surface area contributed by atoms with E-state index < -0.39 is 6.10 Å². The first kappa shape index (κ1) is 15.4. The summed E-state index contributed by atoms with van der Waals surface area (Å²) in [6.45, 7) is 2.81. The van der Waals surface area contributed by atoms with E-state index in [1.54, 1.807) is 13.0 Å². The van der Waals surface area contributed by atoms with Crippen LogP contribution in [0.25, 0.3) is 0 Å². The fourth-order valence-corrected chi connectivity index (χ4v) is 1.47. The van der Waals surface area contributed by atoms with Crippen molar-refractivity contribution in [3.8, 4) is 0 Å². The van der Waals surface area contributed by atoms with Gasteiger partial charge in [-0.05, 0) is 18.9 Å². The molecule has 0 aromatic heterocycles. The smallest absolute Gasteiger partial charge is 0.330 e. The van der Waals surface area contributed by atoms with Crippen molar-refractivity contribution in [2.75, 3.05) is 13.2 Å². The minimum Gasteiger partial charge on any atom is -0.463 e. The molecule has 0 aliphatic heterocycles. The predicted molar refractivity (Wildman–Crippen MR) is 72.5 cm³/mol. The third-order valence-electron chi connectivity index (χ3n) is 2.37. The molecule has 1 rings (SSSR count). The van der Waals surface area contributed by atoms with Gasteiger partial charge in [-0.15, -0.1) is 0 Å². The van der Waals surface area contributed by atoms with Crippen LogP contribution in [-0.4, -0.2) is 30.4 Å². The second kappa shape index (κ2) is 9.30. The maximum atomic E-state index is 11.0. The first-order valence-corrected chi connectivity index (χ1v) is 6.35. The van der Waals surface area contributed by atoms with Gasteiger partial charge in [-0.3, -0.25) is 0 Å². The highest BCUT2D eigenvalue weighted by molar-refractivity contribution is 5.81. The molecule has 0 fully saturated rings. The molecule has 0 aliphatic carbocycles. The Hall–Kier alpha value is -1.65. The standard InChI is InChI=1S/C15H20O4/c1-2-19-15(17)10-6-9-14(16)12-18-11-13-7-4-3-5-8-13/h3-8,10,14,16H,2,9,11-12H2,1H3/b10-6-/t14-/m1/s1. The largest absolute Gasteiger partial charge is 0.463 e. The molecule has 4 heteroatoms. The maximum absolute atomic E-state index is 11.0. The minimum atomic E-state index is -0.616. The molecule has 104 valence electrons. The van der Waals surface area contributed by atoms with Gasteiger partial charge >= 0.3 is 5.97 Å². The summed E-state index contributed by atoms with van der Waals surface area (Å²) in [6.07, 6.45) is 2.67. The Morgan fingerprint density at radius 1 is 1.37 bits per heavy atom. The van der Waals surface area contributed by atoms with Crippen LogP contribution in [0.3, 0.4) is 0 Å². The van der Waals surface area contributed by atoms with Gasteiger partial charge in [0.2, 0.25) is 0 Å². The van der Waals surface area contributed by atoms with E-state index in [4.69, 9.17) is 9.47 Å². The molecule has 0 saturated carbocycles. The molecule has 1 atom stereocenters. The van der Waals surface area contributed by atoms with Gasteiger partial charge in [-0.25, -0.2) is 4.79 Å². The van der Waals surface area contributed by atoms with Gasteiger partial charge < -0.3 is 14.6 Å². The van der Waals surface area contributed by atoms with E-state index in [9.17, 15) is 9.90 Å². The molecule has 4 nitrogen and oxygen atoms in total. The lowest BCUT2D eigenvalue weighted by atomic mass is 10.2. The summed E-state index contributed by atoms with van der Waals surface area (Å²) in [5, 5.41) is 9.64. The van der Waals surface area contributed by atoms with Crippen LogP contribution >= 0.6 is 0 Å². The fourth-order valence-electron chi connectivity index (χ4n) is 1.47. The number of carbonyl (C=O) groups excluding carboxylic acids is 1. The van der Waals surface area contributed by atoms with Crippen LogP contribution in [0.5, 0.6) is 0 Å². The normalized spacial score (nSPS) is 12.5. The van der Waals surface area contributed by atoms with Gasteiger partial charge in [0.05, 0.1) is 25.9 Å². The van der Waals surface area contributed by atoms with Crippen LogP contribution in [0.1, 0.15) is 18.9 Å². The fraction of sp³-hybridized carbons (Fsp3) is 0.400. The Bertz CT molecular complexity index is 386. The van der Waals surface area contributed by atoms with E-state index in [1.807, 2.05) is 30.3 Å². The van der Waals surface area contributed by atoms with Gasteiger partial charge in [-0.2, -0.15) is 0 Å². The van der Waals surface area contributed by atoms with Gasteiger partial charge in [0, 0.05) is 6.08 Å². The summed E-state index contributed by atoms with van der Waals surface area (Å²) in [5.41, 5.74) is 1.07. The summed E-state index contributed by atoms with van der Waals surface area (Å²) < 4.78 is 10.1. The van der Waals surface area contributed by atoms with Crippen LogP contribution in [0, 0.1) is 0 Å². The lowest BCUT2D eigenvalue weighted by molar-refractivity contribution is -0.137.